The third kappa shape index (κ3) is 5.68. The van der Waals surface area contributed by atoms with E-state index in [0.29, 0.717) is 6.04 Å². The first-order valence-corrected chi connectivity index (χ1v) is 7.45. The highest BCUT2D eigenvalue weighted by Gasteiger charge is 2.23. The molecule has 108 valence electrons. The molecule has 0 amide bonds. The van der Waals surface area contributed by atoms with Crippen LogP contribution in [0.15, 0.2) is 0 Å². The molecule has 1 N–H and O–H groups in total. The van der Waals surface area contributed by atoms with Gasteiger partial charge < -0.3 is 15.1 Å². The van der Waals surface area contributed by atoms with Gasteiger partial charge in [0.2, 0.25) is 0 Å². The molecular formula is C15H33N3. The Morgan fingerprint density at radius 1 is 1.22 bits per heavy atom. The first kappa shape index (κ1) is 15.9. The van der Waals surface area contributed by atoms with Crippen LogP contribution in [0.4, 0.5) is 0 Å². The highest BCUT2D eigenvalue weighted by Crippen LogP contribution is 2.17. The normalized spacial score (nSPS) is 21.5. The summed E-state index contributed by atoms with van der Waals surface area (Å²) in [5.41, 5.74) is 0.248. The van der Waals surface area contributed by atoms with Crippen LogP contribution in [-0.4, -0.2) is 61.2 Å². The first-order chi connectivity index (χ1) is 8.29. The zero-order chi connectivity index (χ0) is 13.8. The number of piperidine rings is 1. The van der Waals surface area contributed by atoms with Crippen LogP contribution in [0.3, 0.4) is 0 Å². The molecule has 0 aromatic heterocycles. The van der Waals surface area contributed by atoms with Crippen LogP contribution >= 0.6 is 0 Å². The average molecular weight is 255 g/mol. The van der Waals surface area contributed by atoms with Gasteiger partial charge >= 0.3 is 0 Å². The van der Waals surface area contributed by atoms with Gasteiger partial charge in [0.25, 0.3) is 0 Å². The summed E-state index contributed by atoms with van der Waals surface area (Å²) in [7, 11) is 4.41. The minimum Gasteiger partial charge on any atom is -0.312 e. The van der Waals surface area contributed by atoms with Crippen LogP contribution in [0, 0.1) is 0 Å². The molecule has 3 nitrogen and oxygen atoms in total. The molecule has 1 aliphatic rings. The summed E-state index contributed by atoms with van der Waals surface area (Å²) < 4.78 is 0. The number of hydrogen-bond donors (Lipinski definition) is 1. The predicted octanol–water partition coefficient (Wildman–Crippen LogP) is 2.18. The van der Waals surface area contributed by atoms with E-state index >= 15 is 0 Å². The topological polar surface area (TPSA) is 18.5 Å². The van der Waals surface area contributed by atoms with E-state index in [9.17, 15) is 0 Å². The van der Waals surface area contributed by atoms with Crippen LogP contribution in [0.2, 0.25) is 0 Å². The molecule has 0 spiro atoms. The second kappa shape index (κ2) is 6.88. The van der Waals surface area contributed by atoms with Crippen molar-refractivity contribution in [3.8, 4) is 0 Å². The van der Waals surface area contributed by atoms with Crippen molar-refractivity contribution in [3.05, 3.63) is 0 Å². The SMILES string of the molecule is CC(CCNC(C)(C)C)N1CCC(N(C)C)CC1. The lowest BCUT2D eigenvalue weighted by atomic mass is 10.0. The molecule has 0 aromatic carbocycles. The number of likely N-dealkylation sites (tertiary alicyclic amines) is 1. The lowest BCUT2D eigenvalue weighted by molar-refractivity contribution is 0.110. The van der Waals surface area contributed by atoms with Crippen molar-refractivity contribution in [2.45, 2.75) is 64.6 Å². The molecule has 0 aromatic rings. The van der Waals surface area contributed by atoms with Gasteiger partial charge in [0.05, 0.1) is 0 Å². The summed E-state index contributed by atoms with van der Waals surface area (Å²) in [6.45, 7) is 12.7. The van der Waals surface area contributed by atoms with E-state index < -0.39 is 0 Å². The summed E-state index contributed by atoms with van der Waals surface area (Å²) in [6, 6.07) is 1.50. The van der Waals surface area contributed by atoms with Crippen molar-refractivity contribution in [2.24, 2.45) is 0 Å². The van der Waals surface area contributed by atoms with Crippen molar-refractivity contribution >= 4 is 0 Å². The predicted molar refractivity (Wildman–Crippen MR) is 80.1 cm³/mol. The summed E-state index contributed by atoms with van der Waals surface area (Å²) in [5, 5.41) is 3.58. The first-order valence-electron chi connectivity index (χ1n) is 7.45. The van der Waals surface area contributed by atoms with Crippen LogP contribution < -0.4 is 5.32 Å². The molecule has 1 unspecified atom stereocenters. The van der Waals surface area contributed by atoms with Gasteiger partial charge in [0.1, 0.15) is 0 Å². The number of nitrogens with one attached hydrogen (secondary N) is 1. The summed E-state index contributed by atoms with van der Waals surface area (Å²) in [4.78, 5) is 5.04. The smallest absolute Gasteiger partial charge is 0.0113 e. The van der Waals surface area contributed by atoms with Gasteiger partial charge in [-0.1, -0.05) is 0 Å². The van der Waals surface area contributed by atoms with Crippen LogP contribution in [0.25, 0.3) is 0 Å². The highest BCUT2D eigenvalue weighted by atomic mass is 15.2. The van der Waals surface area contributed by atoms with Crippen molar-refractivity contribution in [1.82, 2.24) is 15.1 Å². The van der Waals surface area contributed by atoms with Crippen LogP contribution in [0.1, 0.15) is 47.0 Å². The van der Waals surface area contributed by atoms with Gasteiger partial charge in [-0.05, 0) is 80.7 Å². The molecule has 1 aliphatic heterocycles. The van der Waals surface area contributed by atoms with E-state index in [2.05, 4.69) is 56.9 Å². The fourth-order valence-corrected chi connectivity index (χ4v) is 2.68. The van der Waals surface area contributed by atoms with Crippen molar-refractivity contribution < 1.29 is 0 Å². The van der Waals surface area contributed by atoms with E-state index in [1.165, 1.54) is 32.4 Å². The Hall–Kier alpha value is -0.120. The second-order valence-electron chi connectivity index (χ2n) is 7.05. The molecule has 0 aliphatic carbocycles. The molecule has 1 atom stereocenters. The Labute approximate surface area is 114 Å². The van der Waals surface area contributed by atoms with Crippen molar-refractivity contribution in [2.75, 3.05) is 33.7 Å². The quantitative estimate of drug-likeness (QED) is 0.812. The molecule has 0 saturated carbocycles. The average Bonchev–Trinajstić information content (AvgIpc) is 2.27. The van der Waals surface area contributed by atoms with E-state index in [0.717, 1.165) is 12.6 Å². The maximum atomic E-state index is 3.58. The standard InChI is InChI=1S/C15H33N3/c1-13(7-10-16-15(2,3)4)18-11-8-14(9-12-18)17(5)6/h13-14,16H,7-12H2,1-6H3. The number of rotatable bonds is 5. The fourth-order valence-electron chi connectivity index (χ4n) is 2.68. The Morgan fingerprint density at radius 3 is 2.22 bits per heavy atom. The van der Waals surface area contributed by atoms with Gasteiger partial charge in [-0.25, -0.2) is 0 Å². The van der Waals surface area contributed by atoms with Crippen molar-refractivity contribution in [1.29, 1.82) is 0 Å². The molecule has 1 rings (SSSR count). The Bertz CT molecular complexity index is 224. The molecule has 1 heterocycles. The third-order valence-corrected chi connectivity index (χ3v) is 4.07. The summed E-state index contributed by atoms with van der Waals surface area (Å²) in [6.07, 6.45) is 3.90. The number of nitrogens with zero attached hydrogens (tertiary/aromatic N) is 2. The molecule has 1 saturated heterocycles. The fraction of sp³-hybridized carbons (Fsp3) is 1.00. The third-order valence-electron chi connectivity index (χ3n) is 4.07. The van der Waals surface area contributed by atoms with Gasteiger partial charge in [0.15, 0.2) is 0 Å². The number of hydrogen-bond acceptors (Lipinski definition) is 3. The Morgan fingerprint density at radius 2 is 1.78 bits per heavy atom. The van der Waals surface area contributed by atoms with Gasteiger partial charge in [-0.15, -0.1) is 0 Å². The maximum absolute atomic E-state index is 3.58. The van der Waals surface area contributed by atoms with E-state index in [-0.39, 0.29) is 5.54 Å². The highest BCUT2D eigenvalue weighted by molar-refractivity contribution is 4.80. The second-order valence-corrected chi connectivity index (χ2v) is 7.05. The molecule has 0 radical (unpaired) electrons. The minimum atomic E-state index is 0.248. The molecule has 1 fully saturated rings. The zero-order valence-corrected chi connectivity index (χ0v) is 13.3. The molecule has 18 heavy (non-hydrogen) atoms. The Balaban J connectivity index is 2.22. The van der Waals surface area contributed by atoms with Gasteiger partial charge in [-0.3, -0.25) is 0 Å². The van der Waals surface area contributed by atoms with Crippen LogP contribution in [-0.2, 0) is 0 Å². The van der Waals surface area contributed by atoms with E-state index in [1.54, 1.807) is 0 Å². The van der Waals surface area contributed by atoms with Gasteiger partial charge in [-0.2, -0.15) is 0 Å². The van der Waals surface area contributed by atoms with E-state index in [1.807, 2.05) is 0 Å². The summed E-state index contributed by atoms with van der Waals surface area (Å²) >= 11 is 0. The Kier molecular flexibility index (Phi) is 6.09. The van der Waals surface area contributed by atoms with E-state index in [4.69, 9.17) is 0 Å². The lowest BCUT2D eigenvalue weighted by Crippen LogP contribution is -2.46. The maximum Gasteiger partial charge on any atom is 0.0113 e. The minimum absolute atomic E-state index is 0.248. The van der Waals surface area contributed by atoms with Gasteiger partial charge in [0, 0.05) is 17.6 Å². The molecular weight excluding hydrogens is 222 g/mol. The largest absolute Gasteiger partial charge is 0.312 e. The van der Waals surface area contributed by atoms with Crippen LogP contribution in [0.5, 0.6) is 0 Å². The monoisotopic (exact) mass is 255 g/mol. The van der Waals surface area contributed by atoms with Crippen molar-refractivity contribution in [3.63, 3.8) is 0 Å². The molecule has 0 bridgehead atoms. The summed E-state index contributed by atoms with van der Waals surface area (Å²) in [5.74, 6) is 0. The zero-order valence-electron chi connectivity index (χ0n) is 13.3. The molecule has 3 heteroatoms. The lowest BCUT2D eigenvalue weighted by Gasteiger charge is -2.38.